The molecule has 1 aromatic carbocycles. The van der Waals surface area contributed by atoms with Crippen LogP contribution in [0.15, 0.2) is 34.9 Å². The van der Waals surface area contributed by atoms with Crippen molar-refractivity contribution in [1.82, 2.24) is 0 Å². The lowest BCUT2D eigenvalue weighted by Gasteiger charge is -2.29. The Labute approximate surface area is 126 Å². The van der Waals surface area contributed by atoms with Gasteiger partial charge in [-0.3, -0.25) is 0 Å². The summed E-state index contributed by atoms with van der Waals surface area (Å²) in [6, 6.07) is 4.98. The van der Waals surface area contributed by atoms with Crippen molar-refractivity contribution in [2.75, 3.05) is 5.32 Å². The van der Waals surface area contributed by atoms with Crippen molar-refractivity contribution in [3.63, 3.8) is 0 Å². The Morgan fingerprint density at radius 3 is 2.45 bits per heavy atom. The summed E-state index contributed by atoms with van der Waals surface area (Å²) in [5.41, 5.74) is 0.329. The summed E-state index contributed by atoms with van der Waals surface area (Å²) in [7, 11) is 0. The molecule has 0 spiro atoms. The van der Waals surface area contributed by atoms with Gasteiger partial charge < -0.3 is 14.8 Å². The summed E-state index contributed by atoms with van der Waals surface area (Å²) in [6.07, 6.45) is 1.21. The maximum atomic E-state index is 11.7. The van der Waals surface area contributed by atoms with E-state index in [1.165, 1.54) is 20.0 Å². The van der Waals surface area contributed by atoms with Crippen molar-refractivity contribution in [1.29, 1.82) is 0 Å². The number of carbonyl (C=O) groups excluding carboxylic acids is 2. The van der Waals surface area contributed by atoms with E-state index in [4.69, 9.17) is 21.1 Å². The lowest BCUT2D eigenvalue weighted by molar-refractivity contribution is -0.222. The van der Waals surface area contributed by atoms with E-state index in [1.807, 2.05) is 0 Å². The first-order valence-electron chi connectivity index (χ1n) is 5.70. The number of halogens is 1. The van der Waals surface area contributed by atoms with Gasteiger partial charge in [0.05, 0.1) is 5.69 Å². The van der Waals surface area contributed by atoms with Gasteiger partial charge in [-0.1, -0.05) is 11.6 Å². The Bertz CT molecular complexity index is 590. The van der Waals surface area contributed by atoms with Crippen LogP contribution < -0.4 is 5.32 Å². The molecule has 0 atom stereocenters. The van der Waals surface area contributed by atoms with Crippen LogP contribution in [-0.2, 0) is 19.1 Å². The van der Waals surface area contributed by atoms with Crippen LogP contribution >= 0.6 is 24.2 Å². The molecule has 106 valence electrons. The molecule has 0 aromatic heterocycles. The highest BCUT2D eigenvalue weighted by Crippen LogP contribution is 2.26. The Kier molecular flexibility index (Phi) is 3.96. The summed E-state index contributed by atoms with van der Waals surface area (Å²) in [5.74, 6) is -2.75. The fourth-order valence-corrected chi connectivity index (χ4v) is 1.93. The van der Waals surface area contributed by atoms with Crippen LogP contribution in [-0.4, -0.2) is 17.7 Å². The minimum atomic E-state index is -1.25. The first-order chi connectivity index (χ1) is 9.28. The number of anilines is 1. The summed E-state index contributed by atoms with van der Waals surface area (Å²) in [5, 5.41) is 3.29. The number of carbonyl (C=O) groups is 2. The van der Waals surface area contributed by atoms with Crippen molar-refractivity contribution in [2.45, 2.75) is 24.5 Å². The smallest absolute Gasteiger partial charge is 0.350 e. The summed E-state index contributed by atoms with van der Waals surface area (Å²) in [4.78, 5) is 24.0. The molecule has 0 amide bonds. The largest absolute Gasteiger partial charge is 0.419 e. The molecule has 0 aliphatic carbocycles. The van der Waals surface area contributed by atoms with E-state index in [-0.39, 0.29) is 5.57 Å². The third kappa shape index (κ3) is 3.26. The minimum absolute atomic E-state index is 0.225. The number of hydrogen-bond acceptors (Lipinski definition) is 6. The molecule has 5 nitrogen and oxygen atoms in total. The Hall–Kier alpha value is -1.66. The van der Waals surface area contributed by atoms with Gasteiger partial charge in [0, 0.05) is 30.0 Å². The second-order valence-corrected chi connectivity index (χ2v) is 5.46. The van der Waals surface area contributed by atoms with Crippen LogP contribution in [0.5, 0.6) is 0 Å². The van der Waals surface area contributed by atoms with Crippen molar-refractivity contribution >= 4 is 41.9 Å². The van der Waals surface area contributed by atoms with E-state index < -0.39 is 17.7 Å². The average Bonchev–Trinajstić information content (AvgIpc) is 2.30. The van der Waals surface area contributed by atoms with E-state index in [1.54, 1.807) is 18.2 Å². The van der Waals surface area contributed by atoms with Gasteiger partial charge in [0.2, 0.25) is 0 Å². The van der Waals surface area contributed by atoms with E-state index >= 15 is 0 Å². The second-order valence-electron chi connectivity index (χ2n) is 4.54. The fraction of sp³-hybridized carbons (Fsp3) is 0.231. The zero-order chi connectivity index (χ0) is 14.9. The molecule has 1 aliphatic rings. The van der Waals surface area contributed by atoms with Crippen molar-refractivity contribution in [2.24, 2.45) is 0 Å². The van der Waals surface area contributed by atoms with Crippen molar-refractivity contribution < 1.29 is 19.1 Å². The Balaban J connectivity index is 2.21. The third-order valence-electron chi connectivity index (χ3n) is 2.45. The molecule has 1 saturated heterocycles. The van der Waals surface area contributed by atoms with E-state index in [0.717, 1.165) is 0 Å². The van der Waals surface area contributed by atoms with Gasteiger partial charge in [-0.05, 0) is 18.2 Å². The fourth-order valence-electron chi connectivity index (χ4n) is 1.55. The van der Waals surface area contributed by atoms with Gasteiger partial charge >= 0.3 is 11.9 Å². The van der Waals surface area contributed by atoms with Crippen molar-refractivity contribution in [3.05, 3.63) is 35.0 Å². The van der Waals surface area contributed by atoms with Gasteiger partial charge in [-0.15, -0.1) is 12.6 Å². The number of benzene rings is 1. The standard InChI is InChI=1S/C13H12ClNO4S/c1-13(2)18-11(16)8(12(17)19-13)6-15-9-5-7(14)3-4-10(9)20/h3-6,15,20H,1-2H3. The predicted molar refractivity (Wildman–Crippen MR) is 76.7 cm³/mol. The van der Waals surface area contributed by atoms with Gasteiger partial charge in [0.25, 0.3) is 5.79 Å². The first-order valence-corrected chi connectivity index (χ1v) is 6.53. The van der Waals surface area contributed by atoms with E-state index in [2.05, 4.69) is 17.9 Å². The molecule has 0 radical (unpaired) electrons. The number of ether oxygens (including phenoxy) is 2. The Morgan fingerprint density at radius 2 is 1.85 bits per heavy atom. The summed E-state index contributed by atoms with van der Waals surface area (Å²) in [6.45, 7) is 2.96. The molecule has 7 heteroatoms. The second kappa shape index (κ2) is 5.38. The average molecular weight is 314 g/mol. The third-order valence-corrected chi connectivity index (χ3v) is 3.07. The van der Waals surface area contributed by atoms with E-state index in [9.17, 15) is 9.59 Å². The van der Waals surface area contributed by atoms with Gasteiger partial charge in [0.1, 0.15) is 0 Å². The van der Waals surface area contributed by atoms with Crippen LogP contribution in [0.25, 0.3) is 0 Å². The lowest BCUT2D eigenvalue weighted by atomic mass is 10.2. The minimum Gasteiger partial charge on any atom is -0.419 e. The molecular formula is C13H12ClNO4S. The highest BCUT2D eigenvalue weighted by atomic mass is 35.5. The zero-order valence-electron chi connectivity index (χ0n) is 10.8. The summed E-state index contributed by atoms with van der Waals surface area (Å²) < 4.78 is 9.93. The number of thiol groups is 1. The lowest BCUT2D eigenvalue weighted by Crippen LogP contribution is -2.42. The number of cyclic esters (lactones) is 2. The van der Waals surface area contributed by atoms with Gasteiger partial charge in [0.15, 0.2) is 5.57 Å². The summed E-state index contributed by atoms with van der Waals surface area (Å²) >= 11 is 10.1. The molecule has 0 saturated carbocycles. The van der Waals surface area contributed by atoms with Crippen LogP contribution in [0.4, 0.5) is 5.69 Å². The molecule has 1 heterocycles. The molecule has 0 unspecified atom stereocenters. The number of hydrogen-bond donors (Lipinski definition) is 2. The zero-order valence-corrected chi connectivity index (χ0v) is 12.4. The van der Waals surface area contributed by atoms with Crippen LogP contribution in [0.1, 0.15) is 13.8 Å². The molecule has 1 aliphatic heterocycles. The SMILES string of the molecule is CC1(C)OC(=O)C(=CNc2cc(Cl)ccc2S)C(=O)O1. The van der Waals surface area contributed by atoms with E-state index in [0.29, 0.717) is 15.6 Å². The molecule has 20 heavy (non-hydrogen) atoms. The molecule has 0 bridgehead atoms. The highest BCUT2D eigenvalue weighted by Gasteiger charge is 2.38. The maximum Gasteiger partial charge on any atom is 0.350 e. The van der Waals surface area contributed by atoms with Crippen LogP contribution in [0, 0.1) is 0 Å². The van der Waals surface area contributed by atoms with Gasteiger partial charge in [-0.25, -0.2) is 9.59 Å². The molecule has 2 rings (SSSR count). The van der Waals surface area contributed by atoms with Crippen LogP contribution in [0.3, 0.4) is 0 Å². The van der Waals surface area contributed by atoms with Gasteiger partial charge in [-0.2, -0.15) is 0 Å². The normalized spacial score (nSPS) is 17.3. The quantitative estimate of drug-likeness (QED) is 0.380. The molecule has 1 fully saturated rings. The Morgan fingerprint density at radius 1 is 1.25 bits per heavy atom. The van der Waals surface area contributed by atoms with Crippen molar-refractivity contribution in [3.8, 4) is 0 Å². The maximum absolute atomic E-state index is 11.7. The molecule has 1 aromatic rings. The highest BCUT2D eigenvalue weighted by molar-refractivity contribution is 7.80. The van der Waals surface area contributed by atoms with Crippen LogP contribution in [0.2, 0.25) is 5.02 Å². The number of esters is 2. The molecular weight excluding hydrogens is 302 g/mol. The number of rotatable bonds is 2. The molecule has 1 N–H and O–H groups in total. The topological polar surface area (TPSA) is 64.6 Å². The predicted octanol–water partition coefficient (Wildman–Crippen LogP) is 2.76. The number of nitrogens with one attached hydrogen (secondary N) is 1. The first kappa shape index (κ1) is 14.7. The monoisotopic (exact) mass is 313 g/mol.